The van der Waals surface area contributed by atoms with E-state index in [1.54, 1.807) is 6.07 Å². The fourth-order valence-electron chi connectivity index (χ4n) is 4.59. The Hall–Kier alpha value is -3.21. The highest BCUT2D eigenvalue weighted by Crippen LogP contribution is 2.36. The molecular weight excluding hydrogens is 515 g/mol. The molecule has 2 aliphatic rings. The normalized spacial score (nSPS) is 18.8. The number of carbonyl (C=O) groups is 1. The van der Waals surface area contributed by atoms with Crippen LogP contribution in [0, 0.1) is 11.7 Å². The molecule has 2 aliphatic heterocycles. The smallest absolute Gasteiger partial charge is 0.320 e. The fraction of sp³-hybridized carbons (Fsp3) is 0.444. The molecule has 1 atom stereocenters. The van der Waals surface area contributed by atoms with Crippen molar-refractivity contribution in [2.45, 2.75) is 25.9 Å². The number of nitrogens with one attached hydrogen (secondary N) is 1. The molecule has 2 fully saturated rings. The summed E-state index contributed by atoms with van der Waals surface area (Å²) in [5.41, 5.74) is 1.25. The van der Waals surface area contributed by atoms with Gasteiger partial charge in [0.15, 0.2) is 11.5 Å². The van der Waals surface area contributed by atoms with Crippen LogP contribution in [0.5, 0.6) is 11.5 Å². The van der Waals surface area contributed by atoms with Gasteiger partial charge in [-0.2, -0.15) is 0 Å². The maximum atomic E-state index is 13.6. The Morgan fingerprint density at radius 2 is 1.97 bits per heavy atom. The average Bonchev–Trinajstić information content (AvgIpc) is 2.90. The monoisotopic (exact) mass is 544 g/mol. The minimum absolute atomic E-state index is 0.0147. The third kappa shape index (κ3) is 6.61. The van der Waals surface area contributed by atoms with Crippen molar-refractivity contribution in [1.29, 1.82) is 0 Å². The first kappa shape index (κ1) is 26.4. The number of carbonyl (C=O) groups excluding carboxylic acids is 1. The third-order valence-electron chi connectivity index (χ3n) is 6.56. The third-order valence-corrected chi connectivity index (χ3v) is 6.85. The minimum Gasteiger partial charge on any atom is -0.489 e. The van der Waals surface area contributed by atoms with Gasteiger partial charge in [-0.25, -0.2) is 14.4 Å². The number of morpholine rings is 1. The maximum Gasteiger partial charge on any atom is 0.320 e. The zero-order valence-electron chi connectivity index (χ0n) is 21.1. The van der Waals surface area contributed by atoms with Gasteiger partial charge in [-0.3, -0.25) is 9.69 Å². The van der Waals surface area contributed by atoms with Gasteiger partial charge < -0.3 is 24.3 Å². The second-order valence-corrected chi connectivity index (χ2v) is 9.95. The molecule has 0 radical (unpaired) electrons. The van der Waals surface area contributed by atoms with Crippen molar-refractivity contribution in [2.24, 2.45) is 5.92 Å². The number of benzene rings is 2. The SMILES string of the molecule is CC1CN(CCOc2cc3ncnc(Nc4ccc(F)c(Cl)c4)c3cc2OCC2CCOCC2)CC(=O)O1. The average molecular weight is 545 g/mol. The van der Waals surface area contributed by atoms with E-state index in [4.69, 9.17) is 30.5 Å². The molecule has 1 unspecified atom stereocenters. The quantitative estimate of drug-likeness (QED) is 0.388. The number of cyclic esters (lactones) is 1. The van der Waals surface area contributed by atoms with E-state index in [2.05, 4.69) is 15.3 Å². The Balaban J connectivity index is 1.37. The maximum absolute atomic E-state index is 13.6. The number of esters is 1. The summed E-state index contributed by atoms with van der Waals surface area (Å²) in [7, 11) is 0. The van der Waals surface area contributed by atoms with E-state index in [0.717, 1.165) is 31.4 Å². The highest BCUT2D eigenvalue weighted by atomic mass is 35.5. The van der Waals surface area contributed by atoms with Gasteiger partial charge in [0, 0.05) is 43.4 Å². The van der Waals surface area contributed by atoms with Gasteiger partial charge in [-0.1, -0.05) is 11.6 Å². The molecule has 9 nitrogen and oxygen atoms in total. The highest BCUT2D eigenvalue weighted by Gasteiger charge is 2.23. The molecule has 38 heavy (non-hydrogen) atoms. The van der Waals surface area contributed by atoms with Crippen LogP contribution in [0.3, 0.4) is 0 Å². The van der Waals surface area contributed by atoms with Crippen LogP contribution in [-0.2, 0) is 14.3 Å². The van der Waals surface area contributed by atoms with E-state index in [-0.39, 0.29) is 23.6 Å². The molecule has 0 saturated carbocycles. The van der Waals surface area contributed by atoms with Gasteiger partial charge >= 0.3 is 5.97 Å². The zero-order valence-corrected chi connectivity index (χ0v) is 21.9. The van der Waals surface area contributed by atoms with Crippen LogP contribution in [0.15, 0.2) is 36.7 Å². The molecule has 3 aromatic rings. The molecule has 0 amide bonds. The van der Waals surface area contributed by atoms with Gasteiger partial charge in [0.2, 0.25) is 0 Å². The summed E-state index contributed by atoms with van der Waals surface area (Å²) in [4.78, 5) is 22.6. The number of anilines is 2. The summed E-state index contributed by atoms with van der Waals surface area (Å²) in [5.74, 6) is 1.33. The second kappa shape index (κ2) is 12.1. The van der Waals surface area contributed by atoms with Gasteiger partial charge in [-0.15, -0.1) is 0 Å². The van der Waals surface area contributed by atoms with Crippen molar-refractivity contribution in [3.63, 3.8) is 0 Å². The molecule has 2 aromatic carbocycles. The van der Waals surface area contributed by atoms with E-state index < -0.39 is 5.82 Å². The largest absolute Gasteiger partial charge is 0.489 e. The number of hydrogen-bond acceptors (Lipinski definition) is 9. The minimum atomic E-state index is -0.494. The Bertz CT molecular complexity index is 1290. The molecule has 5 rings (SSSR count). The molecular formula is C27H30ClFN4O5. The predicted octanol–water partition coefficient (Wildman–Crippen LogP) is 4.60. The molecule has 11 heteroatoms. The first-order valence-electron chi connectivity index (χ1n) is 12.7. The molecule has 0 aliphatic carbocycles. The molecule has 0 bridgehead atoms. The Morgan fingerprint density at radius 1 is 1.16 bits per heavy atom. The van der Waals surface area contributed by atoms with Crippen LogP contribution in [0.25, 0.3) is 10.9 Å². The Kier molecular flexibility index (Phi) is 8.41. The van der Waals surface area contributed by atoms with E-state index >= 15 is 0 Å². The predicted molar refractivity (Wildman–Crippen MR) is 141 cm³/mol. The lowest BCUT2D eigenvalue weighted by Gasteiger charge is -2.30. The second-order valence-electron chi connectivity index (χ2n) is 9.54. The van der Waals surface area contributed by atoms with Crippen molar-refractivity contribution >= 4 is 40.0 Å². The molecule has 3 heterocycles. The summed E-state index contributed by atoms with van der Waals surface area (Å²) in [6.45, 7) is 5.71. The molecule has 1 N–H and O–H groups in total. The molecule has 2 saturated heterocycles. The van der Waals surface area contributed by atoms with Crippen LogP contribution in [0.2, 0.25) is 5.02 Å². The van der Waals surface area contributed by atoms with Gasteiger partial charge in [0.25, 0.3) is 0 Å². The van der Waals surface area contributed by atoms with Crippen molar-refractivity contribution in [3.05, 3.63) is 47.5 Å². The fourth-order valence-corrected chi connectivity index (χ4v) is 4.77. The summed E-state index contributed by atoms with van der Waals surface area (Å²) in [6.07, 6.45) is 3.18. The lowest BCUT2D eigenvalue weighted by molar-refractivity contribution is -0.157. The van der Waals surface area contributed by atoms with Gasteiger partial charge in [0.05, 0.1) is 23.7 Å². The summed E-state index contributed by atoms with van der Waals surface area (Å²) < 4.78 is 36.8. The Morgan fingerprint density at radius 3 is 2.76 bits per heavy atom. The Labute approximate surface area is 225 Å². The van der Waals surface area contributed by atoms with Gasteiger partial charge in [0.1, 0.15) is 30.7 Å². The lowest BCUT2D eigenvalue weighted by Crippen LogP contribution is -2.45. The summed E-state index contributed by atoms with van der Waals surface area (Å²) in [5, 5.41) is 3.93. The number of rotatable bonds is 9. The summed E-state index contributed by atoms with van der Waals surface area (Å²) in [6, 6.07) is 8.07. The number of halogens is 2. The van der Waals surface area contributed by atoms with Crippen LogP contribution >= 0.6 is 11.6 Å². The van der Waals surface area contributed by atoms with Crippen molar-refractivity contribution in [2.75, 3.05) is 51.4 Å². The molecule has 202 valence electrons. The van der Waals surface area contributed by atoms with Crippen LogP contribution in [0.1, 0.15) is 19.8 Å². The first-order valence-corrected chi connectivity index (χ1v) is 13.1. The van der Waals surface area contributed by atoms with Crippen molar-refractivity contribution in [1.82, 2.24) is 14.9 Å². The molecule has 1 aromatic heterocycles. The number of hydrogen-bond donors (Lipinski definition) is 1. The number of ether oxygens (including phenoxy) is 4. The van der Waals surface area contributed by atoms with E-state index in [1.807, 2.05) is 24.0 Å². The van der Waals surface area contributed by atoms with E-state index in [0.29, 0.717) is 60.7 Å². The lowest BCUT2D eigenvalue weighted by atomic mass is 10.0. The van der Waals surface area contributed by atoms with Crippen molar-refractivity contribution in [3.8, 4) is 11.5 Å². The molecule has 0 spiro atoms. The number of nitrogens with zero attached hydrogens (tertiary/aromatic N) is 3. The van der Waals surface area contributed by atoms with Crippen LogP contribution in [0.4, 0.5) is 15.9 Å². The van der Waals surface area contributed by atoms with Crippen molar-refractivity contribution < 1.29 is 28.1 Å². The zero-order chi connectivity index (χ0) is 26.5. The first-order chi connectivity index (χ1) is 18.4. The van der Waals surface area contributed by atoms with Crippen LogP contribution < -0.4 is 14.8 Å². The standard InChI is InChI=1S/C27H30ClFN4O5/c1-17-13-33(14-26(34)38-17)6-9-36-25-12-23-20(11-24(25)37-15-18-4-7-35-8-5-18)27(31-16-30-23)32-19-2-3-22(29)21(28)10-19/h2-3,10-12,16-18H,4-9,13-15H2,1H3,(H,30,31,32). The van der Waals surface area contributed by atoms with E-state index in [9.17, 15) is 9.18 Å². The number of aromatic nitrogens is 2. The van der Waals surface area contributed by atoms with Gasteiger partial charge in [-0.05, 0) is 49.9 Å². The highest BCUT2D eigenvalue weighted by molar-refractivity contribution is 6.31. The topological polar surface area (TPSA) is 95.0 Å². The van der Waals surface area contributed by atoms with E-state index in [1.165, 1.54) is 18.5 Å². The van der Waals surface area contributed by atoms with Crippen LogP contribution in [-0.4, -0.2) is 73.0 Å². The summed E-state index contributed by atoms with van der Waals surface area (Å²) >= 11 is 5.96. The number of fused-ring (bicyclic) bond motifs is 1.